The van der Waals surface area contributed by atoms with Crippen LogP contribution in [0.15, 0.2) is 0 Å². The average Bonchev–Trinajstić information content (AvgIpc) is 3.00. The van der Waals surface area contributed by atoms with Gasteiger partial charge in [-0.15, -0.1) is 12.4 Å². The molecule has 6 heteroatoms. The van der Waals surface area contributed by atoms with Gasteiger partial charge in [-0.2, -0.15) is 0 Å². The molecule has 15 heavy (non-hydrogen) atoms. The first-order valence-electron chi connectivity index (χ1n) is 5.38. The van der Waals surface area contributed by atoms with Crippen molar-refractivity contribution in [3.63, 3.8) is 0 Å². The van der Waals surface area contributed by atoms with E-state index >= 15 is 0 Å². The summed E-state index contributed by atoms with van der Waals surface area (Å²) in [6, 6.07) is 0. The fraction of sp³-hybridized carbons (Fsp3) is 1.00. The number of sulfonamides is 1. The van der Waals surface area contributed by atoms with E-state index in [4.69, 9.17) is 0 Å². The Bertz CT molecular complexity index is 284. The van der Waals surface area contributed by atoms with Crippen LogP contribution in [0.1, 0.15) is 25.7 Å². The van der Waals surface area contributed by atoms with E-state index in [1.54, 1.807) is 0 Å². The zero-order valence-electron chi connectivity index (χ0n) is 8.74. The number of piperidine rings is 1. The molecule has 2 aliphatic rings. The zero-order valence-corrected chi connectivity index (χ0v) is 10.4. The third-order valence-corrected chi connectivity index (χ3v) is 4.85. The van der Waals surface area contributed by atoms with E-state index in [0.717, 1.165) is 38.8 Å². The van der Waals surface area contributed by atoms with Gasteiger partial charge in [-0.05, 0) is 44.7 Å². The molecule has 1 unspecified atom stereocenters. The van der Waals surface area contributed by atoms with Crippen molar-refractivity contribution < 1.29 is 8.42 Å². The van der Waals surface area contributed by atoms with Crippen molar-refractivity contribution in [1.29, 1.82) is 0 Å². The number of nitrogens with one attached hydrogen (secondary N) is 2. The minimum absolute atomic E-state index is 0. The van der Waals surface area contributed by atoms with Gasteiger partial charge in [-0.3, -0.25) is 0 Å². The molecule has 0 amide bonds. The van der Waals surface area contributed by atoms with Crippen molar-refractivity contribution in [2.75, 3.05) is 19.6 Å². The number of rotatable bonds is 4. The quantitative estimate of drug-likeness (QED) is 0.768. The molecule has 2 fully saturated rings. The smallest absolute Gasteiger partial charge is 0.214 e. The lowest BCUT2D eigenvalue weighted by molar-refractivity contribution is 0.376. The maximum absolute atomic E-state index is 11.5. The van der Waals surface area contributed by atoms with Gasteiger partial charge in [0.15, 0.2) is 0 Å². The van der Waals surface area contributed by atoms with Crippen molar-refractivity contribution in [3.8, 4) is 0 Å². The van der Waals surface area contributed by atoms with E-state index in [1.807, 2.05) is 0 Å². The predicted octanol–water partition coefficient (Wildman–Crippen LogP) is 0.490. The molecular weight excluding hydrogens is 236 g/mol. The van der Waals surface area contributed by atoms with E-state index in [2.05, 4.69) is 10.0 Å². The van der Waals surface area contributed by atoms with Crippen LogP contribution < -0.4 is 10.0 Å². The molecule has 1 heterocycles. The predicted molar refractivity (Wildman–Crippen MR) is 62.8 cm³/mol. The number of hydrogen-bond donors (Lipinski definition) is 2. The van der Waals surface area contributed by atoms with E-state index in [0.29, 0.717) is 12.5 Å². The molecule has 0 spiro atoms. The zero-order chi connectivity index (χ0) is 10.0. The second-order valence-electron chi connectivity index (χ2n) is 4.31. The van der Waals surface area contributed by atoms with Crippen LogP contribution in [-0.2, 0) is 10.0 Å². The summed E-state index contributed by atoms with van der Waals surface area (Å²) in [6.45, 7) is 2.64. The van der Waals surface area contributed by atoms with Crippen molar-refractivity contribution >= 4 is 22.4 Å². The first-order chi connectivity index (χ1) is 6.68. The lowest BCUT2D eigenvalue weighted by Crippen LogP contribution is -2.39. The van der Waals surface area contributed by atoms with Gasteiger partial charge >= 0.3 is 0 Å². The second kappa shape index (κ2) is 5.48. The third-order valence-electron chi connectivity index (χ3n) is 2.94. The molecule has 1 atom stereocenters. The van der Waals surface area contributed by atoms with E-state index < -0.39 is 10.0 Å². The van der Waals surface area contributed by atoms with E-state index in [1.165, 1.54) is 0 Å². The Kier molecular flexibility index (Phi) is 4.83. The van der Waals surface area contributed by atoms with Gasteiger partial charge in [-0.1, -0.05) is 0 Å². The summed E-state index contributed by atoms with van der Waals surface area (Å²) < 4.78 is 25.7. The SMILES string of the molecule is Cl.O=S(=O)(NCC1CCCNC1)C1CC1. The molecule has 0 aromatic rings. The maximum Gasteiger partial charge on any atom is 0.214 e. The Hall–Kier alpha value is 0.160. The molecular formula is C9H19ClN2O2S. The monoisotopic (exact) mass is 254 g/mol. The highest BCUT2D eigenvalue weighted by Gasteiger charge is 2.35. The molecule has 0 bridgehead atoms. The van der Waals surface area contributed by atoms with Gasteiger partial charge in [0, 0.05) is 6.54 Å². The van der Waals surface area contributed by atoms with Gasteiger partial charge in [0.05, 0.1) is 5.25 Å². The largest absolute Gasteiger partial charge is 0.316 e. The Morgan fingerprint density at radius 3 is 2.53 bits per heavy atom. The van der Waals surface area contributed by atoms with Gasteiger partial charge in [0.1, 0.15) is 0 Å². The summed E-state index contributed by atoms with van der Waals surface area (Å²) in [4.78, 5) is 0. The molecule has 0 radical (unpaired) electrons. The molecule has 1 saturated heterocycles. The molecule has 0 aromatic heterocycles. The lowest BCUT2D eigenvalue weighted by Gasteiger charge is -2.22. The average molecular weight is 255 g/mol. The summed E-state index contributed by atoms with van der Waals surface area (Å²) in [6.07, 6.45) is 3.99. The Labute approximate surface area is 97.7 Å². The van der Waals surface area contributed by atoms with Crippen LogP contribution in [0.25, 0.3) is 0 Å². The van der Waals surface area contributed by atoms with Crippen LogP contribution in [0.4, 0.5) is 0 Å². The van der Waals surface area contributed by atoms with Crippen molar-refractivity contribution in [2.24, 2.45) is 5.92 Å². The molecule has 90 valence electrons. The minimum atomic E-state index is -2.96. The van der Waals surface area contributed by atoms with Crippen LogP contribution in [0.2, 0.25) is 0 Å². The Balaban J connectivity index is 0.00000112. The van der Waals surface area contributed by atoms with Gasteiger partial charge in [-0.25, -0.2) is 13.1 Å². The van der Waals surface area contributed by atoms with Crippen molar-refractivity contribution in [1.82, 2.24) is 10.0 Å². The molecule has 1 aliphatic heterocycles. The molecule has 4 nitrogen and oxygen atoms in total. The van der Waals surface area contributed by atoms with Crippen LogP contribution in [-0.4, -0.2) is 33.3 Å². The van der Waals surface area contributed by atoms with E-state index in [-0.39, 0.29) is 17.7 Å². The summed E-state index contributed by atoms with van der Waals surface area (Å²) in [7, 11) is -2.96. The maximum atomic E-state index is 11.5. The highest BCUT2D eigenvalue weighted by atomic mass is 35.5. The first-order valence-corrected chi connectivity index (χ1v) is 6.92. The van der Waals surface area contributed by atoms with Gasteiger partial charge in [0.25, 0.3) is 0 Å². The number of halogens is 1. The first kappa shape index (κ1) is 13.2. The fourth-order valence-electron chi connectivity index (χ4n) is 1.83. The second-order valence-corrected chi connectivity index (χ2v) is 6.35. The van der Waals surface area contributed by atoms with Crippen LogP contribution >= 0.6 is 12.4 Å². The standard InChI is InChI=1S/C9H18N2O2S.ClH/c12-14(13,9-3-4-9)11-7-8-2-1-5-10-6-8;/h8-11H,1-7H2;1H. The topological polar surface area (TPSA) is 58.2 Å². The van der Waals surface area contributed by atoms with Crippen molar-refractivity contribution in [3.05, 3.63) is 0 Å². The molecule has 2 rings (SSSR count). The number of hydrogen-bond acceptors (Lipinski definition) is 3. The van der Waals surface area contributed by atoms with Crippen molar-refractivity contribution in [2.45, 2.75) is 30.9 Å². The summed E-state index contributed by atoms with van der Waals surface area (Å²) in [5.41, 5.74) is 0. The van der Waals surface area contributed by atoms with Crippen LogP contribution in [0.5, 0.6) is 0 Å². The fourth-order valence-corrected chi connectivity index (χ4v) is 3.29. The molecule has 0 aromatic carbocycles. The van der Waals surface area contributed by atoms with E-state index in [9.17, 15) is 8.42 Å². The summed E-state index contributed by atoms with van der Waals surface area (Å²) in [5.74, 6) is 0.484. The highest BCUT2D eigenvalue weighted by Crippen LogP contribution is 2.27. The molecule has 2 N–H and O–H groups in total. The normalized spacial score (nSPS) is 27.1. The highest BCUT2D eigenvalue weighted by molar-refractivity contribution is 7.90. The van der Waals surface area contributed by atoms with Gasteiger partial charge < -0.3 is 5.32 Å². The Morgan fingerprint density at radius 1 is 1.27 bits per heavy atom. The summed E-state index contributed by atoms with van der Waals surface area (Å²) in [5, 5.41) is 3.20. The minimum Gasteiger partial charge on any atom is -0.316 e. The van der Waals surface area contributed by atoms with Crippen LogP contribution in [0, 0.1) is 5.92 Å². The third kappa shape index (κ3) is 3.90. The lowest BCUT2D eigenvalue weighted by atomic mass is 10.0. The molecule has 1 aliphatic carbocycles. The van der Waals surface area contributed by atoms with Crippen LogP contribution in [0.3, 0.4) is 0 Å². The molecule has 1 saturated carbocycles. The van der Waals surface area contributed by atoms with Gasteiger partial charge in [0.2, 0.25) is 10.0 Å². The summed E-state index contributed by atoms with van der Waals surface area (Å²) >= 11 is 0. The Morgan fingerprint density at radius 2 is 2.00 bits per heavy atom.